The molecule has 1 heterocycles. The van der Waals surface area contributed by atoms with Crippen molar-refractivity contribution in [3.8, 4) is 0 Å². The highest BCUT2D eigenvalue weighted by atomic mass is 35.5. The fourth-order valence-electron chi connectivity index (χ4n) is 2.18. The molecule has 0 saturated heterocycles. The van der Waals surface area contributed by atoms with Crippen LogP contribution < -0.4 is 0 Å². The number of carbonyl (C=O) groups is 2. The first-order valence-corrected chi connectivity index (χ1v) is 7.36. The number of hydrogen-bond donors (Lipinski definition) is 1. The number of hydrogen-bond acceptors (Lipinski definition) is 5. The lowest BCUT2D eigenvalue weighted by Crippen LogP contribution is -2.53. The van der Waals surface area contributed by atoms with Crippen molar-refractivity contribution in [2.45, 2.75) is 32.4 Å². The van der Waals surface area contributed by atoms with Gasteiger partial charge in [-0.25, -0.2) is 4.79 Å². The molecule has 0 unspecified atom stereocenters. The van der Waals surface area contributed by atoms with Crippen LogP contribution in [0.2, 0.25) is 5.02 Å². The number of nitrogens with zero attached hydrogens (tertiary/aromatic N) is 2. The van der Waals surface area contributed by atoms with Gasteiger partial charge in [-0.1, -0.05) is 24.6 Å². The molecule has 0 saturated carbocycles. The molecule has 0 radical (unpaired) electrons. The van der Waals surface area contributed by atoms with E-state index in [0.717, 1.165) is 5.01 Å². The van der Waals surface area contributed by atoms with E-state index in [1.165, 1.54) is 6.07 Å². The van der Waals surface area contributed by atoms with E-state index in [-0.39, 0.29) is 18.6 Å². The Bertz CT molecular complexity index is 632. The number of rotatable bonds is 4. The molecule has 1 aromatic carbocycles. The molecule has 7 heteroatoms. The molecule has 1 amide bonds. The maximum Gasteiger partial charge on any atom is 0.362 e. The second-order valence-electron chi connectivity index (χ2n) is 4.86. The minimum Gasteiger partial charge on any atom is -0.462 e. The molecule has 2 rings (SSSR count). The first kappa shape index (κ1) is 16.5. The van der Waals surface area contributed by atoms with E-state index in [1.807, 2.05) is 6.92 Å². The Kier molecular flexibility index (Phi) is 4.83. The summed E-state index contributed by atoms with van der Waals surface area (Å²) in [6, 6.07) is 6.23. The van der Waals surface area contributed by atoms with Crippen LogP contribution in [0.4, 0.5) is 0 Å². The van der Waals surface area contributed by atoms with E-state index < -0.39 is 17.6 Å². The van der Waals surface area contributed by atoms with E-state index >= 15 is 0 Å². The monoisotopic (exact) mass is 324 g/mol. The van der Waals surface area contributed by atoms with Crippen LogP contribution >= 0.6 is 11.6 Å². The standard InChI is InChI=1S/C15H17ClN2O4/c1-3-12-9-15(21,14(20)22-4-2)18(17-12)13(19)10-6-5-7-11(16)8-10/h5-8,21H,3-4,9H2,1-2H3/t15-/m1/s1. The van der Waals surface area contributed by atoms with Crippen molar-refractivity contribution in [1.29, 1.82) is 0 Å². The van der Waals surface area contributed by atoms with E-state index in [9.17, 15) is 14.7 Å². The van der Waals surface area contributed by atoms with Gasteiger partial charge in [-0.3, -0.25) is 4.79 Å². The molecule has 0 spiro atoms. The maximum absolute atomic E-state index is 12.6. The predicted molar refractivity (Wildman–Crippen MR) is 81.5 cm³/mol. The Morgan fingerprint density at radius 3 is 2.77 bits per heavy atom. The van der Waals surface area contributed by atoms with Crippen LogP contribution in [-0.4, -0.2) is 40.0 Å². The molecule has 0 aromatic heterocycles. The van der Waals surface area contributed by atoms with Gasteiger partial charge in [0.15, 0.2) is 0 Å². The SMILES string of the molecule is CCOC(=O)[C@]1(O)CC(CC)=NN1C(=O)c1cccc(Cl)c1. The van der Waals surface area contributed by atoms with Gasteiger partial charge in [0.05, 0.1) is 6.61 Å². The minimum atomic E-state index is -2.11. The third kappa shape index (κ3) is 2.98. The Morgan fingerprint density at radius 2 is 2.18 bits per heavy atom. The Hall–Kier alpha value is -1.92. The highest BCUT2D eigenvalue weighted by Gasteiger charge is 2.51. The van der Waals surface area contributed by atoms with Crippen LogP contribution in [0, 0.1) is 0 Å². The molecule has 6 nitrogen and oxygen atoms in total. The second-order valence-corrected chi connectivity index (χ2v) is 5.30. The van der Waals surface area contributed by atoms with Gasteiger partial charge in [0.2, 0.25) is 0 Å². The van der Waals surface area contributed by atoms with Gasteiger partial charge in [0.1, 0.15) is 0 Å². The van der Waals surface area contributed by atoms with E-state index in [2.05, 4.69) is 5.10 Å². The van der Waals surface area contributed by atoms with Gasteiger partial charge >= 0.3 is 5.97 Å². The fourth-order valence-corrected chi connectivity index (χ4v) is 2.37. The molecule has 0 fully saturated rings. The van der Waals surface area contributed by atoms with E-state index in [1.54, 1.807) is 25.1 Å². The molecular formula is C15H17ClN2O4. The van der Waals surface area contributed by atoms with Crippen LogP contribution in [0.25, 0.3) is 0 Å². The molecule has 0 bridgehead atoms. The Labute approximate surface area is 133 Å². The van der Waals surface area contributed by atoms with Crippen LogP contribution in [0.3, 0.4) is 0 Å². The first-order valence-electron chi connectivity index (χ1n) is 6.98. The molecule has 1 aliphatic heterocycles. The summed E-state index contributed by atoms with van der Waals surface area (Å²) in [4.78, 5) is 24.7. The zero-order chi connectivity index (χ0) is 16.3. The third-order valence-electron chi connectivity index (χ3n) is 3.32. The highest BCUT2D eigenvalue weighted by Crippen LogP contribution is 2.30. The first-order chi connectivity index (χ1) is 10.4. The summed E-state index contributed by atoms with van der Waals surface area (Å²) in [7, 11) is 0. The van der Waals surface area contributed by atoms with Gasteiger partial charge in [-0.15, -0.1) is 0 Å². The van der Waals surface area contributed by atoms with Gasteiger partial charge in [0, 0.05) is 22.7 Å². The van der Waals surface area contributed by atoms with Crippen LogP contribution in [-0.2, 0) is 9.53 Å². The van der Waals surface area contributed by atoms with Gasteiger partial charge in [-0.2, -0.15) is 10.1 Å². The summed E-state index contributed by atoms with van der Waals surface area (Å²) in [5, 5.41) is 15.9. The van der Waals surface area contributed by atoms with Crippen molar-refractivity contribution in [1.82, 2.24) is 5.01 Å². The third-order valence-corrected chi connectivity index (χ3v) is 3.55. The van der Waals surface area contributed by atoms with Crippen molar-refractivity contribution in [2.75, 3.05) is 6.61 Å². The van der Waals surface area contributed by atoms with Gasteiger partial charge in [-0.05, 0) is 31.5 Å². The number of benzene rings is 1. The number of esters is 1. The number of hydrazone groups is 1. The number of amides is 1. The summed E-state index contributed by atoms with van der Waals surface area (Å²) in [6.45, 7) is 3.56. The van der Waals surface area contributed by atoms with Crippen LogP contribution in [0.5, 0.6) is 0 Å². The fraction of sp³-hybridized carbons (Fsp3) is 0.400. The molecule has 22 heavy (non-hydrogen) atoms. The van der Waals surface area contributed by atoms with Crippen molar-refractivity contribution in [3.63, 3.8) is 0 Å². The maximum atomic E-state index is 12.6. The molecule has 1 aliphatic rings. The second kappa shape index (κ2) is 6.46. The molecule has 1 atom stereocenters. The number of halogens is 1. The lowest BCUT2D eigenvalue weighted by molar-refractivity contribution is -0.179. The van der Waals surface area contributed by atoms with Crippen molar-refractivity contribution in [2.24, 2.45) is 5.10 Å². The number of ether oxygens (including phenoxy) is 1. The predicted octanol–water partition coefficient (Wildman–Crippen LogP) is 2.20. The Morgan fingerprint density at radius 1 is 1.45 bits per heavy atom. The lowest BCUT2D eigenvalue weighted by Gasteiger charge is -2.28. The summed E-state index contributed by atoms with van der Waals surface area (Å²) >= 11 is 5.87. The zero-order valence-corrected chi connectivity index (χ0v) is 13.1. The topological polar surface area (TPSA) is 79.2 Å². The normalized spacial score (nSPS) is 20.7. The number of carbonyl (C=O) groups excluding carboxylic acids is 2. The smallest absolute Gasteiger partial charge is 0.362 e. The quantitative estimate of drug-likeness (QED) is 0.861. The minimum absolute atomic E-state index is 0.0609. The van der Waals surface area contributed by atoms with E-state index in [4.69, 9.17) is 16.3 Å². The Balaban J connectivity index is 2.37. The van der Waals surface area contributed by atoms with Crippen molar-refractivity contribution in [3.05, 3.63) is 34.9 Å². The molecule has 118 valence electrons. The van der Waals surface area contributed by atoms with Crippen molar-refractivity contribution >= 4 is 29.2 Å². The number of aliphatic hydroxyl groups is 1. The van der Waals surface area contributed by atoms with Crippen LogP contribution in [0.15, 0.2) is 29.4 Å². The average Bonchev–Trinajstić information content (AvgIpc) is 2.85. The zero-order valence-electron chi connectivity index (χ0n) is 12.4. The average molecular weight is 325 g/mol. The molecule has 1 N–H and O–H groups in total. The summed E-state index contributed by atoms with van der Waals surface area (Å²) in [5.41, 5.74) is -1.33. The molecule has 1 aromatic rings. The summed E-state index contributed by atoms with van der Waals surface area (Å²) in [5.74, 6) is -1.50. The van der Waals surface area contributed by atoms with Crippen LogP contribution in [0.1, 0.15) is 37.0 Å². The largest absolute Gasteiger partial charge is 0.462 e. The lowest BCUT2D eigenvalue weighted by atomic mass is 10.0. The van der Waals surface area contributed by atoms with Crippen molar-refractivity contribution < 1.29 is 19.4 Å². The summed E-state index contributed by atoms with van der Waals surface area (Å²) < 4.78 is 4.88. The molecule has 0 aliphatic carbocycles. The summed E-state index contributed by atoms with van der Waals surface area (Å²) in [6.07, 6.45) is 0.454. The van der Waals surface area contributed by atoms with Gasteiger partial charge < -0.3 is 9.84 Å². The van der Waals surface area contributed by atoms with Gasteiger partial charge in [0.25, 0.3) is 11.6 Å². The molecular weight excluding hydrogens is 308 g/mol. The highest BCUT2D eigenvalue weighted by molar-refractivity contribution is 6.31. The van der Waals surface area contributed by atoms with E-state index in [0.29, 0.717) is 17.2 Å².